The Kier molecular flexibility index (Phi) is 5.09. The van der Waals surface area contributed by atoms with Crippen molar-refractivity contribution in [2.75, 3.05) is 7.11 Å². The van der Waals surface area contributed by atoms with Gasteiger partial charge in [0.2, 0.25) is 5.91 Å². The highest BCUT2D eigenvalue weighted by molar-refractivity contribution is 5.91. The van der Waals surface area contributed by atoms with Crippen LogP contribution in [0.4, 0.5) is 0 Å². The lowest BCUT2D eigenvalue weighted by atomic mass is 10.2. The van der Waals surface area contributed by atoms with Crippen LogP contribution >= 0.6 is 0 Å². The van der Waals surface area contributed by atoms with Crippen molar-refractivity contribution in [2.45, 2.75) is 6.54 Å². The second kappa shape index (κ2) is 7.22. The quantitative estimate of drug-likeness (QED) is 0.500. The number of amides is 1. The molecule has 0 spiro atoms. The average Bonchev–Trinajstić information content (AvgIpc) is 2.55. The van der Waals surface area contributed by atoms with Crippen molar-refractivity contribution >= 4 is 12.0 Å². The van der Waals surface area contributed by atoms with Gasteiger partial charge >= 0.3 is 0 Å². The number of rotatable bonds is 5. The maximum absolute atomic E-state index is 11.8. The van der Waals surface area contributed by atoms with E-state index in [2.05, 4.69) is 5.32 Å². The fourth-order valence-corrected chi connectivity index (χ4v) is 1.90. The number of nitrogens with one attached hydrogen (secondary N) is 1. The molecule has 0 bridgehead atoms. The fraction of sp³-hybridized carbons (Fsp3) is 0.118. The number of phenols is 3. The van der Waals surface area contributed by atoms with Crippen LogP contribution in [0, 0.1) is 0 Å². The molecule has 0 saturated heterocycles. The van der Waals surface area contributed by atoms with E-state index >= 15 is 0 Å². The normalized spacial score (nSPS) is 10.7. The molecule has 0 heterocycles. The van der Waals surface area contributed by atoms with Gasteiger partial charge in [-0.2, -0.15) is 0 Å². The SMILES string of the molecule is COc1cc(CNC(=O)/C=C/c2ccc(O)c(O)c2)ccc1O. The largest absolute Gasteiger partial charge is 0.504 e. The number of phenolic OH excluding ortho intramolecular Hbond substituents is 3. The number of carbonyl (C=O) groups excluding carboxylic acids is 1. The molecule has 0 atom stereocenters. The van der Waals surface area contributed by atoms with Gasteiger partial charge < -0.3 is 25.4 Å². The molecule has 4 N–H and O–H groups in total. The number of hydrogen-bond donors (Lipinski definition) is 4. The lowest BCUT2D eigenvalue weighted by Crippen LogP contribution is -2.20. The van der Waals surface area contributed by atoms with Crippen molar-refractivity contribution in [1.29, 1.82) is 0 Å². The zero-order valence-corrected chi connectivity index (χ0v) is 12.5. The number of benzene rings is 2. The summed E-state index contributed by atoms with van der Waals surface area (Å²) in [6, 6.07) is 9.08. The highest BCUT2D eigenvalue weighted by atomic mass is 16.5. The van der Waals surface area contributed by atoms with E-state index in [1.165, 1.54) is 37.5 Å². The Morgan fingerprint density at radius 3 is 2.52 bits per heavy atom. The number of carbonyl (C=O) groups is 1. The van der Waals surface area contributed by atoms with Crippen LogP contribution in [0.2, 0.25) is 0 Å². The summed E-state index contributed by atoms with van der Waals surface area (Å²) in [5.74, 6) is -0.400. The molecule has 1 amide bonds. The molecule has 0 unspecified atom stereocenters. The Bertz CT molecular complexity index is 740. The van der Waals surface area contributed by atoms with Crippen LogP contribution in [0.1, 0.15) is 11.1 Å². The first kappa shape index (κ1) is 16.2. The predicted octanol–water partition coefficient (Wildman–Crippen LogP) is 2.14. The Labute approximate surface area is 133 Å². The molecule has 0 aliphatic heterocycles. The molecule has 2 aromatic rings. The summed E-state index contributed by atoms with van der Waals surface area (Å²) in [7, 11) is 1.45. The zero-order valence-electron chi connectivity index (χ0n) is 12.5. The Hall–Kier alpha value is -3.15. The minimum atomic E-state index is -0.315. The summed E-state index contributed by atoms with van der Waals surface area (Å²) < 4.78 is 5.00. The van der Waals surface area contributed by atoms with E-state index in [9.17, 15) is 20.1 Å². The van der Waals surface area contributed by atoms with E-state index in [1.54, 1.807) is 18.2 Å². The first-order valence-corrected chi connectivity index (χ1v) is 6.83. The highest BCUT2D eigenvalue weighted by Gasteiger charge is 2.04. The maximum Gasteiger partial charge on any atom is 0.244 e. The molecule has 0 aliphatic carbocycles. The monoisotopic (exact) mass is 315 g/mol. The smallest absolute Gasteiger partial charge is 0.244 e. The predicted molar refractivity (Wildman–Crippen MR) is 85.3 cm³/mol. The molecular weight excluding hydrogens is 298 g/mol. The Morgan fingerprint density at radius 2 is 1.83 bits per heavy atom. The van der Waals surface area contributed by atoms with Gasteiger partial charge in [-0.1, -0.05) is 12.1 Å². The average molecular weight is 315 g/mol. The van der Waals surface area contributed by atoms with E-state index in [-0.39, 0.29) is 29.7 Å². The fourth-order valence-electron chi connectivity index (χ4n) is 1.90. The summed E-state index contributed by atoms with van der Waals surface area (Å²) in [5.41, 5.74) is 1.37. The van der Waals surface area contributed by atoms with Crippen molar-refractivity contribution in [2.24, 2.45) is 0 Å². The molecule has 2 rings (SSSR count). The molecule has 2 aromatic carbocycles. The van der Waals surface area contributed by atoms with Crippen LogP contribution in [0.5, 0.6) is 23.0 Å². The second-order valence-electron chi connectivity index (χ2n) is 4.81. The lowest BCUT2D eigenvalue weighted by molar-refractivity contribution is -0.116. The minimum absolute atomic E-state index is 0.0367. The van der Waals surface area contributed by atoms with Gasteiger partial charge in [0.25, 0.3) is 0 Å². The Morgan fingerprint density at radius 1 is 1.09 bits per heavy atom. The van der Waals surface area contributed by atoms with Crippen LogP contribution in [0.3, 0.4) is 0 Å². The second-order valence-corrected chi connectivity index (χ2v) is 4.81. The zero-order chi connectivity index (χ0) is 16.8. The molecule has 23 heavy (non-hydrogen) atoms. The summed E-state index contributed by atoms with van der Waals surface area (Å²) in [6.45, 7) is 0.278. The minimum Gasteiger partial charge on any atom is -0.504 e. The van der Waals surface area contributed by atoms with Gasteiger partial charge in [-0.05, 0) is 41.5 Å². The van der Waals surface area contributed by atoms with Crippen LogP contribution in [-0.2, 0) is 11.3 Å². The number of ether oxygens (including phenoxy) is 1. The molecule has 0 aliphatic rings. The molecular formula is C17H17NO5. The molecule has 120 valence electrons. The van der Waals surface area contributed by atoms with Crippen LogP contribution in [0.25, 0.3) is 6.08 Å². The highest BCUT2D eigenvalue weighted by Crippen LogP contribution is 2.26. The van der Waals surface area contributed by atoms with Crippen molar-refractivity contribution in [1.82, 2.24) is 5.32 Å². The van der Waals surface area contributed by atoms with Crippen LogP contribution in [0.15, 0.2) is 42.5 Å². The van der Waals surface area contributed by atoms with Gasteiger partial charge in [0.15, 0.2) is 23.0 Å². The van der Waals surface area contributed by atoms with Crippen molar-refractivity contribution in [3.63, 3.8) is 0 Å². The number of hydrogen-bond acceptors (Lipinski definition) is 5. The summed E-state index contributed by atoms with van der Waals surface area (Å²) in [6.07, 6.45) is 2.84. The van der Waals surface area contributed by atoms with E-state index < -0.39 is 0 Å². The van der Waals surface area contributed by atoms with Crippen LogP contribution < -0.4 is 10.1 Å². The van der Waals surface area contributed by atoms with E-state index in [0.717, 1.165) is 5.56 Å². The topological polar surface area (TPSA) is 99.0 Å². The van der Waals surface area contributed by atoms with Crippen LogP contribution in [-0.4, -0.2) is 28.3 Å². The third-order valence-corrected chi connectivity index (χ3v) is 3.14. The first-order valence-electron chi connectivity index (χ1n) is 6.83. The summed E-state index contributed by atoms with van der Waals surface area (Å²) >= 11 is 0. The third-order valence-electron chi connectivity index (χ3n) is 3.14. The number of aromatic hydroxyl groups is 3. The van der Waals surface area contributed by atoms with Gasteiger partial charge in [-0.15, -0.1) is 0 Å². The van der Waals surface area contributed by atoms with Gasteiger partial charge in [0.1, 0.15) is 0 Å². The lowest BCUT2D eigenvalue weighted by Gasteiger charge is -2.07. The van der Waals surface area contributed by atoms with Gasteiger partial charge in [-0.25, -0.2) is 0 Å². The standard InChI is InChI=1S/C17H17NO5/c1-23-16-9-12(3-6-14(16)20)10-18-17(22)7-4-11-2-5-13(19)15(21)8-11/h2-9,19-21H,10H2,1H3,(H,18,22)/b7-4+. The third kappa shape index (κ3) is 4.41. The van der Waals surface area contributed by atoms with Gasteiger partial charge in [0.05, 0.1) is 7.11 Å². The first-order chi connectivity index (χ1) is 11.0. The van der Waals surface area contributed by atoms with E-state index in [0.29, 0.717) is 11.3 Å². The molecule has 6 heteroatoms. The molecule has 0 aromatic heterocycles. The van der Waals surface area contributed by atoms with Crippen molar-refractivity contribution in [3.8, 4) is 23.0 Å². The van der Waals surface area contributed by atoms with E-state index in [4.69, 9.17) is 4.74 Å². The molecule has 6 nitrogen and oxygen atoms in total. The summed E-state index contributed by atoms with van der Waals surface area (Å²) in [5, 5.41) is 30.8. The van der Waals surface area contributed by atoms with Crippen molar-refractivity contribution < 1.29 is 24.9 Å². The van der Waals surface area contributed by atoms with Gasteiger partial charge in [-0.3, -0.25) is 4.79 Å². The molecule has 0 fully saturated rings. The van der Waals surface area contributed by atoms with Crippen molar-refractivity contribution in [3.05, 3.63) is 53.6 Å². The number of methoxy groups -OCH3 is 1. The Balaban J connectivity index is 1.94. The van der Waals surface area contributed by atoms with E-state index in [1.807, 2.05) is 0 Å². The van der Waals surface area contributed by atoms with Gasteiger partial charge in [0, 0.05) is 12.6 Å². The molecule has 0 radical (unpaired) electrons. The summed E-state index contributed by atoms with van der Waals surface area (Å²) in [4.78, 5) is 11.8. The molecule has 0 saturated carbocycles. The maximum atomic E-state index is 11.8.